The number of aryl methyl sites for hydroxylation is 1. The standard InChI is InChI=1S/C19H26N2O2/c1-14-15(2)20-18-7-5-4-6-17(18)19(14)21-9-8-16(12-21)13-23-11-10-22-3/h4-7,16H,8-13H2,1-3H3. The van der Waals surface area contributed by atoms with Gasteiger partial charge in [0, 0.05) is 37.2 Å². The van der Waals surface area contributed by atoms with Crippen molar-refractivity contribution in [2.75, 3.05) is 44.9 Å². The van der Waals surface area contributed by atoms with Crippen molar-refractivity contribution in [1.29, 1.82) is 0 Å². The second-order valence-corrected chi connectivity index (χ2v) is 6.36. The summed E-state index contributed by atoms with van der Waals surface area (Å²) in [6, 6.07) is 8.45. The van der Waals surface area contributed by atoms with Crippen LogP contribution in [-0.4, -0.2) is 45.0 Å². The third kappa shape index (κ3) is 3.48. The van der Waals surface area contributed by atoms with E-state index < -0.39 is 0 Å². The number of pyridine rings is 1. The fraction of sp³-hybridized carbons (Fsp3) is 0.526. The van der Waals surface area contributed by atoms with Crippen molar-refractivity contribution in [3.63, 3.8) is 0 Å². The number of ether oxygens (including phenoxy) is 2. The van der Waals surface area contributed by atoms with E-state index in [1.807, 2.05) is 0 Å². The van der Waals surface area contributed by atoms with E-state index in [4.69, 9.17) is 14.5 Å². The molecule has 1 fully saturated rings. The van der Waals surface area contributed by atoms with Gasteiger partial charge in [-0.3, -0.25) is 4.98 Å². The van der Waals surface area contributed by atoms with E-state index in [0.717, 1.165) is 30.9 Å². The van der Waals surface area contributed by atoms with Crippen LogP contribution in [0.3, 0.4) is 0 Å². The van der Waals surface area contributed by atoms with E-state index in [1.54, 1.807) is 7.11 Å². The summed E-state index contributed by atoms with van der Waals surface area (Å²) >= 11 is 0. The minimum absolute atomic E-state index is 0.596. The normalized spacial score (nSPS) is 18.0. The first-order valence-electron chi connectivity index (χ1n) is 8.38. The number of nitrogens with zero attached hydrogens (tertiary/aromatic N) is 2. The van der Waals surface area contributed by atoms with Crippen LogP contribution in [0.1, 0.15) is 17.7 Å². The van der Waals surface area contributed by atoms with Gasteiger partial charge >= 0.3 is 0 Å². The molecule has 0 bridgehead atoms. The number of rotatable bonds is 6. The Hall–Kier alpha value is -1.65. The van der Waals surface area contributed by atoms with Crippen LogP contribution in [0.2, 0.25) is 0 Å². The molecule has 4 heteroatoms. The summed E-state index contributed by atoms with van der Waals surface area (Å²) < 4.78 is 10.8. The summed E-state index contributed by atoms with van der Waals surface area (Å²) in [6.45, 7) is 8.61. The zero-order valence-corrected chi connectivity index (χ0v) is 14.3. The quantitative estimate of drug-likeness (QED) is 0.766. The SMILES string of the molecule is COCCOCC1CCN(c2c(C)c(C)nc3ccccc23)C1. The number of anilines is 1. The Morgan fingerprint density at radius 2 is 2.04 bits per heavy atom. The highest BCUT2D eigenvalue weighted by molar-refractivity contribution is 5.94. The number of para-hydroxylation sites is 1. The first-order chi connectivity index (χ1) is 11.2. The zero-order chi connectivity index (χ0) is 16.2. The Balaban J connectivity index is 1.77. The van der Waals surface area contributed by atoms with Gasteiger partial charge in [-0.1, -0.05) is 18.2 Å². The van der Waals surface area contributed by atoms with Gasteiger partial charge in [0.25, 0.3) is 0 Å². The fourth-order valence-corrected chi connectivity index (χ4v) is 3.38. The molecule has 0 amide bonds. The van der Waals surface area contributed by atoms with E-state index in [0.29, 0.717) is 19.1 Å². The lowest BCUT2D eigenvalue weighted by molar-refractivity contribution is 0.0549. The van der Waals surface area contributed by atoms with Crippen molar-refractivity contribution in [2.45, 2.75) is 20.3 Å². The lowest BCUT2D eigenvalue weighted by atomic mass is 10.1. The minimum atomic E-state index is 0.596. The van der Waals surface area contributed by atoms with Crippen LogP contribution in [0.5, 0.6) is 0 Å². The van der Waals surface area contributed by atoms with Gasteiger partial charge in [0.05, 0.1) is 31.0 Å². The maximum absolute atomic E-state index is 5.72. The minimum Gasteiger partial charge on any atom is -0.382 e. The predicted octanol–water partition coefficient (Wildman–Crippen LogP) is 3.34. The van der Waals surface area contributed by atoms with Gasteiger partial charge < -0.3 is 14.4 Å². The van der Waals surface area contributed by atoms with Crippen molar-refractivity contribution in [2.24, 2.45) is 5.92 Å². The molecular formula is C19H26N2O2. The van der Waals surface area contributed by atoms with E-state index in [1.165, 1.54) is 23.1 Å². The maximum atomic E-state index is 5.72. The van der Waals surface area contributed by atoms with Crippen LogP contribution in [0.25, 0.3) is 10.9 Å². The Bertz CT molecular complexity index is 672. The van der Waals surface area contributed by atoms with Gasteiger partial charge in [-0.15, -0.1) is 0 Å². The van der Waals surface area contributed by atoms with Gasteiger partial charge in [-0.05, 0) is 31.9 Å². The topological polar surface area (TPSA) is 34.6 Å². The molecule has 1 unspecified atom stereocenters. The van der Waals surface area contributed by atoms with Gasteiger partial charge in [0.2, 0.25) is 0 Å². The van der Waals surface area contributed by atoms with Crippen LogP contribution < -0.4 is 4.90 Å². The second kappa shape index (κ2) is 7.28. The number of hydrogen-bond acceptors (Lipinski definition) is 4. The summed E-state index contributed by atoms with van der Waals surface area (Å²) in [6.07, 6.45) is 1.18. The van der Waals surface area contributed by atoms with Crippen molar-refractivity contribution in [3.05, 3.63) is 35.5 Å². The summed E-state index contributed by atoms with van der Waals surface area (Å²) in [4.78, 5) is 7.24. The lowest BCUT2D eigenvalue weighted by Gasteiger charge is -2.24. The Labute approximate surface area is 138 Å². The Kier molecular flexibility index (Phi) is 5.13. The maximum Gasteiger partial charge on any atom is 0.0726 e. The largest absolute Gasteiger partial charge is 0.382 e. The predicted molar refractivity (Wildman–Crippen MR) is 94.2 cm³/mol. The smallest absolute Gasteiger partial charge is 0.0726 e. The fourth-order valence-electron chi connectivity index (χ4n) is 3.38. The highest BCUT2D eigenvalue weighted by Crippen LogP contribution is 2.34. The van der Waals surface area contributed by atoms with Crippen LogP contribution in [0.15, 0.2) is 24.3 Å². The van der Waals surface area contributed by atoms with Crippen LogP contribution in [0.4, 0.5) is 5.69 Å². The first kappa shape index (κ1) is 16.2. The molecule has 124 valence electrons. The summed E-state index contributed by atoms with van der Waals surface area (Å²) in [5.41, 5.74) is 4.86. The third-order valence-electron chi connectivity index (χ3n) is 4.73. The van der Waals surface area contributed by atoms with Crippen molar-refractivity contribution in [1.82, 2.24) is 4.98 Å². The molecule has 1 aromatic carbocycles. The Morgan fingerprint density at radius 1 is 1.22 bits per heavy atom. The molecule has 1 saturated heterocycles. The second-order valence-electron chi connectivity index (χ2n) is 6.36. The molecule has 0 aliphatic carbocycles. The molecule has 0 saturated carbocycles. The molecule has 2 aromatic rings. The highest BCUT2D eigenvalue weighted by Gasteiger charge is 2.25. The average Bonchev–Trinajstić information content (AvgIpc) is 3.01. The molecule has 1 aliphatic heterocycles. The molecule has 0 spiro atoms. The molecule has 1 atom stereocenters. The molecule has 4 nitrogen and oxygen atoms in total. The van der Waals surface area contributed by atoms with Gasteiger partial charge in [0.15, 0.2) is 0 Å². The lowest BCUT2D eigenvalue weighted by Crippen LogP contribution is -2.23. The molecule has 1 aromatic heterocycles. The van der Waals surface area contributed by atoms with Crippen molar-refractivity contribution >= 4 is 16.6 Å². The van der Waals surface area contributed by atoms with E-state index in [9.17, 15) is 0 Å². The van der Waals surface area contributed by atoms with Crippen molar-refractivity contribution in [3.8, 4) is 0 Å². The summed E-state index contributed by atoms with van der Waals surface area (Å²) in [7, 11) is 1.71. The molecule has 0 N–H and O–H groups in total. The van der Waals surface area contributed by atoms with Crippen LogP contribution in [-0.2, 0) is 9.47 Å². The summed E-state index contributed by atoms with van der Waals surface area (Å²) in [5.74, 6) is 0.596. The monoisotopic (exact) mass is 314 g/mol. The third-order valence-corrected chi connectivity index (χ3v) is 4.73. The van der Waals surface area contributed by atoms with Crippen LogP contribution in [0, 0.1) is 19.8 Å². The number of fused-ring (bicyclic) bond motifs is 1. The summed E-state index contributed by atoms with van der Waals surface area (Å²) in [5, 5.41) is 1.26. The molecular weight excluding hydrogens is 288 g/mol. The molecule has 23 heavy (non-hydrogen) atoms. The Morgan fingerprint density at radius 3 is 2.87 bits per heavy atom. The molecule has 3 rings (SSSR count). The first-order valence-corrected chi connectivity index (χ1v) is 8.38. The molecule has 2 heterocycles. The van der Waals surface area contributed by atoms with Gasteiger partial charge in [0.1, 0.15) is 0 Å². The number of benzene rings is 1. The highest BCUT2D eigenvalue weighted by atomic mass is 16.5. The van der Waals surface area contributed by atoms with E-state index in [2.05, 4.69) is 43.0 Å². The van der Waals surface area contributed by atoms with Gasteiger partial charge in [-0.2, -0.15) is 0 Å². The molecule has 1 aliphatic rings. The number of aromatic nitrogens is 1. The van der Waals surface area contributed by atoms with Crippen LogP contribution >= 0.6 is 0 Å². The number of methoxy groups -OCH3 is 1. The molecule has 0 radical (unpaired) electrons. The van der Waals surface area contributed by atoms with E-state index >= 15 is 0 Å². The average molecular weight is 314 g/mol. The zero-order valence-electron chi connectivity index (χ0n) is 14.3. The number of hydrogen-bond donors (Lipinski definition) is 0. The van der Waals surface area contributed by atoms with Crippen molar-refractivity contribution < 1.29 is 9.47 Å². The van der Waals surface area contributed by atoms with E-state index in [-0.39, 0.29) is 0 Å². The van der Waals surface area contributed by atoms with Gasteiger partial charge in [-0.25, -0.2) is 0 Å².